The second-order valence-corrected chi connectivity index (χ2v) is 32.0. The molecule has 0 amide bonds. The molecule has 20 aromatic carbocycles. The Hall–Kier alpha value is -16.3. The third-order valence-electron chi connectivity index (χ3n) is 24.9. The van der Waals surface area contributed by atoms with Crippen LogP contribution in [0.5, 0.6) is 0 Å². The number of nitrogens with zero attached hydrogens (tertiary/aromatic N) is 6. The first-order valence-electron chi connectivity index (χ1n) is 41.6. The van der Waals surface area contributed by atoms with E-state index < -0.39 is 0 Å². The van der Waals surface area contributed by atoms with Crippen LogP contribution in [0.3, 0.4) is 0 Å². The standard InChI is InChI=1S/C116H70N6/c1-4-16-71(17-5-1)72-36-46-83(47-37-72)113-117-111(81-18-6-2-7-19-81)118-114(120-113)84-50-44-78(45-51-84)106-70-96-64-91(54-55-94(96)67-105(106)76-40-34-74(35-41-76)93-59-61-98-100-29-13-25-80-27-15-31-102(110(80)100)108(98)69-93)88-52-53-90-63-95(57-56-89(90)62-88)116-121-112(82-20-8-3-9-21-82)119-115(122-116)85-48-42-77(43-49-85)104-66-87-23-11-10-22-86(87)65-103(104)75-38-32-73(33-39-75)92-58-60-97-99-28-12-24-79-26-14-30-101(109(79)99)107(97)68-92/h1-70H. The molecule has 6 nitrogen and oxygen atoms in total. The van der Waals surface area contributed by atoms with Gasteiger partial charge < -0.3 is 0 Å². The summed E-state index contributed by atoms with van der Waals surface area (Å²) in [6.07, 6.45) is 0. The fraction of sp³-hybridized carbons (Fsp3) is 0. The second kappa shape index (κ2) is 28.8. The molecule has 0 spiro atoms. The summed E-state index contributed by atoms with van der Waals surface area (Å²) in [6, 6.07) is 154. The highest BCUT2D eigenvalue weighted by molar-refractivity contribution is 6.17. The molecule has 0 bridgehead atoms. The third kappa shape index (κ3) is 12.3. The number of fused-ring (bicyclic) bond motifs is 9. The van der Waals surface area contributed by atoms with Crippen LogP contribution >= 0.6 is 0 Å². The molecule has 2 aromatic heterocycles. The summed E-state index contributed by atoms with van der Waals surface area (Å²) < 4.78 is 0. The fourth-order valence-corrected chi connectivity index (χ4v) is 18.6. The molecule has 0 N–H and O–H groups in total. The first-order chi connectivity index (χ1) is 60.4. The Kier molecular flexibility index (Phi) is 16.5. The fourth-order valence-electron chi connectivity index (χ4n) is 18.6. The van der Waals surface area contributed by atoms with Crippen molar-refractivity contribution in [3.63, 3.8) is 0 Å². The number of hydrogen-bond donors (Lipinski definition) is 0. The van der Waals surface area contributed by atoms with Crippen LogP contribution in [-0.2, 0) is 0 Å². The largest absolute Gasteiger partial charge is 0.208 e. The highest BCUT2D eigenvalue weighted by Crippen LogP contribution is 2.51. The zero-order valence-corrected chi connectivity index (χ0v) is 66.1. The number of rotatable bonds is 14. The van der Waals surface area contributed by atoms with Crippen LogP contribution in [-0.4, -0.2) is 29.9 Å². The molecule has 0 radical (unpaired) electrons. The van der Waals surface area contributed by atoms with Crippen molar-refractivity contribution in [2.75, 3.05) is 0 Å². The lowest BCUT2D eigenvalue weighted by Gasteiger charge is -2.15. The first-order valence-corrected chi connectivity index (χ1v) is 41.6. The Morgan fingerprint density at radius 3 is 0.697 bits per heavy atom. The molecule has 2 heterocycles. The molecule has 122 heavy (non-hydrogen) atoms. The Morgan fingerprint density at radius 2 is 0.320 bits per heavy atom. The van der Waals surface area contributed by atoms with Crippen LogP contribution in [0.2, 0.25) is 0 Å². The quantitative estimate of drug-likeness (QED) is 0.108. The first kappa shape index (κ1) is 70.0. The highest BCUT2D eigenvalue weighted by atomic mass is 15.0. The zero-order valence-electron chi connectivity index (χ0n) is 66.1. The molecule has 22 aromatic rings. The van der Waals surface area contributed by atoms with Crippen molar-refractivity contribution in [2.24, 2.45) is 0 Å². The second-order valence-electron chi connectivity index (χ2n) is 32.0. The van der Waals surface area contributed by atoms with Crippen molar-refractivity contribution in [2.45, 2.75) is 0 Å². The lowest BCUT2D eigenvalue weighted by atomic mass is 9.89. The van der Waals surface area contributed by atoms with Crippen LogP contribution < -0.4 is 0 Å². The Bertz CT molecular complexity index is 7980. The number of hydrogen-bond acceptors (Lipinski definition) is 6. The summed E-state index contributed by atoms with van der Waals surface area (Å²) in [5.74, 6) is 3.64. The van der Waals surface area contributed by atoms with E-state index in [2.05, 4.69) is 382 Å². The lowest BCUT2D eigenvalue weighted by molar-refractivity contribution is 1.07. The molecule has 2 aliphatic rings. The van der Waals surface area contributed by atoms with Crippen LogP contribution in [0.15, 0.2) is 425 Å². The van der Waals surface area contributed by atoms with Crippen molar-refractivity contribution in [3.8, 4) is 202 Å². The van der Waals surface area contributed by atoms with Gasteiger partial charge in [0.05, 0.1) is 0 Å². The van der Waals surface area contributed by atoms with Crippen LogP contribution in [0.4, 0.5) is 0 Å². The van der Waals surface area contributed by atoms with Crippen molar-refractivity contribution in [1.29, 1.82) is 0 Å². The highest BCUT2D eigenvalue weighted by Gasteiger charge is 2.26. The summed E-state index contributed by atoms with van der Waals surface area (Å²) in [6.45, 7) is 0. The monoisotopic (exact) mass is 1550 g/mol. The average Bonchev–Trinajstić information content (AvgIpc) is 1.54. The van der Waals surface area contributed by atoms with E-state index >= 15 is 0 Å². The van der Waals surface area contributed by atoms with Gasteiger partial charge in [0.2, 0.25) is 0 Å². The van der Waals surface area contributed by atoms with Gasteiger partial charge >= 0.3 is 0 Å². The summed E-state index contributed by atoms with van der Waals surface area (Å²) >= 11 is 0. The zero-order chi connectivity index (χ0) is 80.3. The van der Waals surface area contributed by atoms with Gasteiger partial charge in [0.15, 0.2) is 34.9 Å². The van der Waals surface area contributed by atoms with E-state index in [-0.39, 0.29) is 0 Å². The molecule has 6 heteroatoms. The molecule has 0 aliphatic heterocycles. The Balaban J connectivity index is 0.550. The van der Waals surface area contributed by atoms with Crippen LogP contribution in [0, 0.1) is 0 Å². The maximum absolute atomic E-state index is 5.30. The molecular weight excluding hydrogens is 1480 g/mol. The molecular formula is C116H70N6. The van der Waals surface area contributed by atoms with Gasteiger partial charge in [0, 0.05) is 33.4 Å². The van der Waals surface area contributed by atoms with Gasteiger partial charge in [-0.3, -0.25) is 0 Å². The van der Waals surface area contributed by atoms with E-state index in [1.165, 1.54) is 105 Å². The summed E-state index contributed by atoms with van der Waals surface area (Å²) in [5.41, 5.74) is 34.1. The van der Waals surface area contributed by atoms with Gasteiger partial charge in [-0.2, -0.15) is 0 Å². The summed E-state index contributed by atoms with van der Waals surface area (Å²) in [7, 11) is 0. The maximum atomic E-state index is 5.30. The topological polar surface area (TPSA) is 77.3 Å². The van der Waals surface area contributed by atoms with E-state index in [1.807, 2.05) is 42.5 Å². The van der Waals surface area contributed by atoms with Gasteiger partial charge in [-0.05, 0) is 242 Å². The molecule has 564 valence electrons. The summed E-state index contributed by atoms with van der Waals surface area (Å²) in [5, 5.41) is 12.1. The predicted octanol–water partition coefficient (Wildman–Crippen LogP) is 30.5. The van der Waals surface area contributed by atoms with E-state index in [9.17, 15) is 0 Å². The summed E-state index contributed by atoms with van der Waals surface area (Å²) in [4.78, 5) is 31.2. The van der Waals surface area contributed by atoms with Crippen LogP contribution in [0.25, 0.3) is 256 Å². The molecule has 0 saturated carbocycles. The number of benzene rings is 20. The van der Waals surface area contributed by atoms with E-state index in [4.69, 9.17) is 29.9 Å². The Morgan fingerprint density at radius 1 is 0.0984 bits per heavy atom. The minimum Gasteiger partial charge on any atom is -0.208 e. The van der Waals surface area contributed by atoms with Gasteiger partial charge in [-0.25, -0.2) is 29.9 Å². The van der Waals surface area contributed by atoms with Gasteiger partial charge in [0.25, 0.3) is 0 Å². The van der Waals surface area contributed by atoms with Crippen molar-refractivity contribution in [3.05, 3.63) is 425 Å². The van der Waals surface area contributed by atoms with Crippen molar-refractivity contribution >= 4 is 53.9 Å². The minimum absolute atomic E-state index is 0.600. The van der Waals surface area contributed by atoms with Gasteiger partial charge in [-0.15, -0.1) is 0 Å². The Labute approximate surface area is 705 Å². The van der Waals surface area contributed by atoms with Crippen molar-refractivity contribution in [1.82, 2.24) is 29.9 Å². The van der Waals surface area contributed by atoms with Crippen LogP contribution in [0.1, 0.15) is 0 Å². The predicted molar refractivity (Wildman–Crippen MR) is 506 cm³/mol. The van der Waals surface area contributed by atoms with E-state index in [0.29, 0.717) is 34.9 Å². The third-order valence-corrected chi connectivity index (χ3v) is 24.9. The smallest absolute Gasteiger partial charge is 0.164 e. The molecule has 0 unspecified atom stereocenters. The lowest BCUT2D eigenvalue weighted by Crippen LogP contribution is -2.00. The average molecular weight is 1550 g/mol. The van der Waals surface area contributed by atoms with Crippen molar-refractivity contribution < 1.29 is 0 Å². The molecule has 0 saturated heterocycles. The SMILES string of the molecule is c1ccc(-c2ccc(-c3nc(-c4ccccc4)nc(-c4ccc(-c5cc6cc(-c7ccc8cc(-c9nc(-c%10ccccc%10)nc(-c%10ccc(-c%11cc%12ccccc%12cc%11-c%11ccc(-c%12ccc%13c(c%12)-c%12cccc%14cccc-%13c%12%14)cc%11)cc%10)n9)ccc8c7)ccc6cc5-c5ccc(-c6ccc7c(c6)-c6cccc8cccc-7c68)cc5)cc4)n3)cc2)cc1. The number of aromatic nitrogens is 6. The van der Waals surface area contributed by atoms with Gasteiger partial charge in [-0.1, -0.05) is 370 Å². The maximum Gasteiger partial charge on any atom is 0.164 e. The van der Waals surface area contributed by atoms with Gasteiger partial charge in [0.1, 0.15) is 0 Å². The van der Waals surface area contributed by atoms with E-state index in [1.54, 1.807) is 0 Å². The molecule has 0 atom stereocenters. The minimum atomic E-state index is 0.600. The molecule has 24 rings (SSSR count). The van der Waals surface area contributed by atoms with E-state index in [0.717, 1.165) is 116 Å². The molecule has 2 aliphatic carbocycles. The molecule has 0 fully saturated rings. The normalized spacial score (nSPS) is 11.8.